The summed E-state index contributed by atoms with van der Waals surface area (Å²) in [4.78, 5) is 43.8. The monoisotopic (exact) mass is 582 g/mol. The van der Waals surface area contributed by atoms with Crippen molar-refractivity contribution in [3.63, 3.8) is 0 Å². The first-order valence-corrected chi connectivity index (χ1v) is 13.8. The number of aromatic nitrogens is 1. The van der Waals surface area contributed by atoms with Gasteiger partial charge in [0.15, 0.2) is 0 Å². The van der Waals surface area contributed by atoms with E-state index in [2.05, 4.69) is 20.9 Å². The summed E-state index contributed by atoms with van der Waals surface area (Å²) < 4.78 is 10.6. The Balaban J connectivity index is 1.41. The van der Waals surface area contributed by atoms with Crippen LogP contribution >= 0.6 is 11.8 Å². The maximum Gasteiger partial charge on any atom is 0.272 e. The van der Waals surface area contributed by atoms with E-state index in [1.807, 2.05) is 18.2 Å². The number of hydrogen-bond donors (Lipinski definition) is 3. The number of hydrogen-bond acceptors (Lipinski definition) is 7. The van der Waals surface area contributed by atoms with E-state index in [1.54, 1.807) is 99.2 Å². The minimum Gasteiger partial charge on any atom is -0.497 e. The van der Waals surface area contributed by atoms with Crippen LogP contribution < -0.4 is 25.4 Å². The summed E-state index contributed by atoms with van der Waals surface area (Å²) in [5.41, 5.74) is 2.18. The Morgan fingerprint density at radius 3 is 2.31 bits per heavy atom. The predicted octanol–water partition coefficient (Wildman–Crippen LogP) is 5.63. The Kier molecular flexibility index (Phi) is 10.3. The molecule has 1 atom stereocenters. The van der Waals surface area contributed by atoms with Crippen molar-refractivity contribution in [1.29, 1.82) is 0 Å². The SMILES string of the molecule is COc1ccc(OC)c(NC(=O)C(C)Sc2ccc(NC(=O)/C(=C/c3cccnc3)NC(=O)c3ccccc3)cc2)c1. The van der Waals surface area contributed by atoms with E-state index >= 15 is 0 Å². The van der Waals surface area contributed by atoms with Crippen molar-refractivity contribution in [2.75, 3.05) is 24.9 Å². The lowest BCUT2D eigenvalue weighted by Gasteiger charge is -2.15. The van der Waals surface area contributed by atoms with E-state index in [-0.39, 0.29) is 11.6 Å². The van der Waals surface area contributed by atoms with Crippen LogP contribution in [0.3, 0.4) is 0 Å². The number of ether oxygens (including phenoxy) is 2. The molecule has 9 nitrogen and oxygen atoms in total. The molecule has 3 amide bonds. The van der Waals surface area contributed by atoms with Crippen molar-refractivity contribution in [3.8, 4) is 11.5 Å². The second-order valence-corrected chi connectivity index (χ2v) is 10.4. The predicted molar refractivity (Wildman–Crippen MR) is 165 cm³/mol. The third-order valence-electron chi connectivity index (χ3n) is 5.98. The number of rotatable bonds is 11. The molecule has 4 rings (SSSR count). The van der Waals surface area contributed by atoms with Crippen molar-refractivity contribution < 1.29 is 23.9 Å². The molecule has 0 spiro atoms. The number of thioether (sulfide) groups is 1. The lowest BCUT2D eigenvalue weighted by molar-refractivity contribution is -0.115. The Bertz CT molecular complexity index is 1560. The highest BCUT2D eigenvalue weighted by Gasteiger charge is 2.18. The Hall–Kier alpha value is -5.09. The molecular weight excluding hydrogens is 552 g/mol. The highest BCUT2D eigenvalue weighted by Crippen LogP contribution is 2.31. The van der Waals surface area contributed by atoms with E-state index in [0.29, 0.717) is 34.0 Å². The quantitative estimate of drug-likeness (QED) is 0.155. The van der Waals surface area contributed by atoms with Crippen LogP contribution in [0.4, 0.5) is 11.4 Å². The van der Waals surface area contributed by atoms with Crippen molar-refractivity contribution in [1.82, 2.24) is 10.3 Å². The topological polar surface area (TPSA) is 119 Å². The minimum atomic E-state index is -0.497. The average Bonchev–Trinajstić information content (AvgIpc) is 3.02. The molecule has 0 radical (unpaired) electrons. The van der Waals surface area contributed by atoms with Crippen LogP contribution in [0.2, 0.25) is 0 Å². The smallest absolute Gasteiger partial charge is 0.272 e. The van der Waals surface area contributed by atoms with Gasteiger partial charge in [0.25, 0.3) is 11.8 Å². The molecule has 3 N–H and O–H groups in total. The second kappa shape index (κ2) is 14.5. The highest BCUT2D eigenvalue weighted by molar-refractivity contribution is 8.00. The fraction of sp³-hybridized carbons (Fsp3) is 0.125. The molecule has 0 aliphatic rings. The van der Waals surface area contributed by atoms with E-state index in [0.717, 1.165) is 4.90 Å². The molecule has 1 unspecified atom stereocenters. The molecule has 0 saturated heterocycles. The third kappa shape index (κ3) is 8.21. The zero-order chi connectivity index (χ0) is 29.9. The summed E-state index contributed by atoms with van der Waals surface area (Å²) in [7, 11) is 3.08. The van der Waals surface area contributed by atoms with Gasteiger partial charge in [-0.15, -0.1) is 11.8 Å². The van der Waals surface area contributed by atoms with Gasteiger partial charge >= 0.3 is 0 Å². The van der Waals surface area contributed by atoms with Crippen molar-refractivity contribution in [2.45, 2.75) is 17.1 Å². The molecule has 0 aliphatic carbocycles. The molecular formula is C32H30N4O5S. The summed E-state index contributed by atoms with van der Waals surface area (Å²) in [5, 5.41) is 7.99. The van der Waals surface area contributed by atoms with Gasteiger partial charge in [0.05, 0.1) is 25.2 Å². The molecule has 10 heteroatoms. The van der Waals surface area contributed by atoms with Gasteiger partial charge in [-0.25, -0.2) is 0 Å². The first kappa shape index (κ1) is 29.9. The number of carbonyl (C=O) groups excluding carboxylic acids is 3. The molecule has 42 heavy (non-hydrogen) atoms. The first-order chi connectivity index (χ1) is 20.4. The van der Waals surface area contributed by atoms with Crippen LogP contribution in [0.15, 0.2) is 108 Å². The third-order valence-corrected chi connectivity index (χ3v) is 7.09. The van der Waals surface area contributed by atoms with Crippen LogP contribution in [0.1, 0.15) is 22.8 Å². The standard InChI is InChI=1S/C32H30N4O5S/c1-21(30(37)35-27-19-25(40-2)13-16-29(27)41-3)42-26-14-11-24(12-15-26)34-32(39)28(18-22-8-7-17-33-20-22)36-31(38)23-9-5-4-6-10-23/h4-21H,1-3H3,(H,34,39)(H,35,37)(H,36,38)/b28-18-. The van der Waals surface area contributed by atoms with Crippen LogP contribution in [-0.2, 0) is 9.59 Å². The number of anilines is 2. The molecule has 3 aromatic carbocycles. The number of methoxy groups -OCH3 is 2. The highest BCUT2D eigenvalue weighted by atomic mass is 32.2. The Morgan fingerprint density at radius 2 is 1.64 bits per heavy atom. The van der Waals surface area contributed by atoms with Gasteiger partial charge in [0.1, 0.15) is 17.2 Å². The minimum absolute atomic E-state index is 0.0635. The van der Waals surface area contributed by atoms with Gasteiger partial charge in [-0.1, -0.05) is 24.3 Å². The molecule has 4 aromatic rings. The maximum absolute atomic E-state index is 13.2. The number of nitrogens with one attached hydrogen (secondary N) is 3. The van der Waals surface area contributed by atoms with Gasteiger partial charge < -0.3 is 25.4 Å². The first-order valence-electron chi connectivity index (χ1n) is 13.0. The molecule has 1 aromatic heterocycles. The molecule has 1 heterocycles. The van der Waals surface area contributed by atoms with Crippen LogP contribution in [-0.4, -0.2) is 42.2 Å². The van der Waals surface area contributed by atoms with Crippen molar-refractivity contribution >= 4 is 46.9 Å². The van der Waals surface area contributed by atoms with Gasteiger partial charge in [-0.2, -0.15) is 0 Å². The summed E-state index contributed by atoms with van der Waals surface area (Å²) in [6.07, 6.45) is 4.78. The summed E-state index contributed by atoms with van der Waals surface area (Å²) >= 11 is 1.36. The molecule has 0 fully saturated rings. The number of amides is 3. The average molecular weight is 583 g/mol. The zero-order valence-corrected chi connectivity index (χ0v) is 24.1. The second-order valence-electron chi connectivity index (χ2n) is 8.96. The van der Waals surface area contributed by atoms with Gasteiger partial charge in [-0.05, 0) is 73.2 Å². The van der Waals surface area contributed by atoms with Gasteiger partial charge in [-0.3, -0.25) is 19.4 Å². The Morgan fingerprint density at radius 1 is 0.881 bits per heavy atom. The van der Waals surface area contributed by atoms with Crippen molar-refractivity contribution in [3.05, 3.63) is 114 Å². The van der Waals surface area contributed by atoms with Gasteiger partial charge in [0.2, 0.25) is 5.91 Å². The fourth-order valence-electron chi connectivity index (χ4n) is 3.79. The lowest BCUT2D eigenvalue weighted by atomic mass is 10.2. The molecule has 0 saturated carbocycles. The van der Waals surface area contributed by atoms with Crippen LogP contribution in [0.25, 0.3) is 6.08 Å². The summed E-state index contributed by atoms with van der Waals surface area (Å²) in [6, 6.07) is 24.4. The Labute approximate surface area is 248 Å². The van der Waals surface area contributed by atoms with Gasteiger partial charge in [0, 0.05) is 34.6 Å². The summed E-state index contributed by atoms with van der Waals surface area (Å²) in [6.45, 7) is 1.80. The van der Waals surface area contributed by atoms with Crippen LogP contribution in [0, 0.1) is 0 Å². The van der Waals surface area contributed by atoms with E-state index < -0.39 is 17.1 Å². The fourth-order valence-corrected chi connectivity index (χ4v) is 4.66. The number of benzene rings is 3. The maximum atomic E-state index is 13.2. The van der Waals surface area contributed by atoms with E-state index in [4.69, 9.17) is 9.47 Å². The number of carbonyl (C=O) groups is 3. The molecule has 214 valence electrons. The summed E-state index contributed by atoms with van der Waals surface area (Å²) in [5.74, 6) is 0.0127. The number of nitrogens with zero attached hydrogens (tertiary/aromatic N) is 1. The lowest BCUT2D eigenvalue weighted by Crippen LogP contribution is -2.30. The van der Waals surface area contributed by atoms with E-state index in [9.17, 15) is 14.4 Å². The van der Waals surface area contributed by atoms with E-state index in [1.165, 1.54) is 18.9 Å². The molecule has 0 bridgehead atoms. The van der Waals surface area contributed by atoms with Crippen LogP contribution in [0.5, 0.6) is 11.5 Å². The largest absolute Gasteiger partial charge is 0.497 e. The molecule has 0 aliphatic heterocycles. The van der Waals surface area contributed by atoms with Crippen molar-refractivity contribution in [2.24, 2.45) is 0 Å². The number of pyridine rings is 1. The normalized spacial score (nSPS) is 11.6. The zero-order valence-electron chi connectivity index (χ0n) is 23.3.